The zero-order valence-corrected chi connectivity index (χ0v) is 21.3. The fourth-order valence-corrected chi connectivity index (χ4v) is 5.62. The number of benzene rings is 2. The summed E-state index contributed by atoms with van der Waals surface area (Å²) in [5, 5.41) is 0. The molecule has 2 aliphatic rings. The van der Waals surface area contributed by atoms with E-state index in [2.05, 4.69) is 45.0 Å². The van der Waals surface area contributed by atoms with Crippen molar-refractivity contribution in [1.82, 2.24) is 9.80 Å². The number of carbonyl (C=O) groups excluding carboxylic acids is 1. The molecule has 2 heterocycles. The molecule has 35 heavy (non-hydrogen) atoms. The molecule has 2 aliphatic heterocycles. The largest absolute Gasteiger partial charge is 0.497 e. The van der Waals surface area contributed by atoms with Gasteiger partial charge in [0.2, 0.25) is 0 Å². The number of piperazine rings is 1. The summed E-state index contributed by atoms with van der Waals surface area (Å²) in [7, 11) is 4.92. The van der Waals surface area contributed by atoms with Crippen LogP contribution in [0.1, 0.15) is 24.8 Å². The number of anilines is 1. The van der Waals surface area contributed by atoms with Crippen molar-refractivity contribution in [3.63, 3.8) is 0 Å². The van der Waals surface area contributed by atoms with Gasteiger partial charge in [0.15, 0.2) is 0 Å². The predicted octanol–water partition coefficient (Wildman–Crippen LogP) is 3.67. The number of carbonyl (C=O) groups is 1. The molecule has 2 saturated heterocycles. The maximum Gasteiger partial charge on any atom is 0.305 e. The van der Waals surface area contributed by atoms with Gasteiger partial charge in [-0.2, -0.15) is 0 Å². The zero-order chi connectivity index (χ0) is 24.6. The molecular weight excluding hydrogens is 442 g/mol. The first-order chi connectivity index (χ1) is 17.1. The molecule has 190 valence electrons. The predicted molar refractivity (Wildman–Crippen MR) is 138 cm³/mol. The second kappa shape index (κ2) is 12.3. The lowest BCUT2D eigenvalue weighted by atomic mass is 9.86. The van der Waals surface area contributed by atoms with Gasteiger partial charge in [-0.05, 0) is 55.1 Å². The number of esters is 1. The van der Waals surface area contributed by atoms with Gasteiger partial charge in [0.1, 0.15) is 11.5 Å². The van der Waals surface area contributed by atoms with Crippen molar-refractivity contribution in [2.45, 2.75) is 31.8 Å². The van der Waals surface area contributed by atoms with Crippen molar-refractivity contribution < 1.29 is 19.0 Å². The molecule has 2 atom stereocenters. The smallest absolute Gasteiger partial charge is 0.305 e. The van der Waals surface area contributed by atoms with Gasteiger partial charge >= 0.3 is 5.97 Å². The van der Waals surface area contributed by atoms with Gasteiger partial charge in [-0.3, -0.25) is 14.6 Å². The Balaban J connectivity index is 1.40. The molecule has 0 aromatic heterocycles. The fraction of sp³-hybridized carbons (Fsp3) is 0.536. The second-order valence-electron chi connectivity index (χ2n) is 9.51. The van der Waals surface area contributed by atoms with Crippen LogP contribution < -0.4 is 14.4 Å². The molecule has 0 saturated carbocycles. The molecule has 0 bridgehead atoms. The van der Waals surface area contributed by atoms with Gasteiger partial charge in [0, 0.05) is 51.7 Å². The Labute approximate surface area is 209 Å². The number of para-hydroxylation sites is 2. The standard InChI is InChI=1S/C28H39N3O4/c1-33-24-8-6-7-22(19-24)20-29-14-13-25(23(21-29)11-12-28(32)35-3)30-15-17-31(18-16-30)26-9-4-5-10-27(26)34-2/h4-10,19,23,25H,11-18,20-21H2,1-3H3/t23-,25+/m0/s1. The number of rotatable bonds is 9. The van der Waals surface area contributed by atoms with E-state index in [-0.39, 0.29) is 5.97 Å². The van der Waals surface area contributed by atoms with E-state index >= 15 is 0 Å². The van der Waals surface area contributed by atoms with Gasteiger partial charge in [-0.1, -0.05) is 24.3 Å². The van der Waals surface area contributed by atoms with E-state index in [4.69, 9.17) is 14.2 Å². The first-order valence-corrected chi connectivity index (χ1v) is 12.7. The quantitative estimate of drug-likeness (QED) is 0.507. The van der Waals surface area contributed by atoms with Gasteiger partial charge in [-0.15, -0.1) is 0 Å². The van der Waals surface area contributed by atoms with E-state index in [9.17, 15) is 4.79 Å². The van der Waals surface area contributed by atoms with Gasteiger partial charge in [0.25, 0.3) is 0 Å². The van der Waals surface area contributed by atoms with Crippen molar-refractivity contribution >= 4 is 11.7 Å². The molecule has 2 fully saturated rings. The molecule has 7 nitrogen and oxygen atoms in total. The van der Waals surface area contributed by atoms with Crippen molar-refractivity contribution in [2.75, 3.05) is 65.5 Å². The highest BCUT2D eigenvalue weighted by Crippen LogP contribution is 2.32. The fourth-order valence-electron chi connectivity index (χ4n) is 5.62. The zero-order valence-electron chi connectivity index (χ0n) is 21.3. The van der Waals surface area contributed by atoms with Crippen LogP contribution in [0.25, 0.3) is 0 Å². The van der Waals surface area contributed by atoms with Crippen LogP contribution in [0.2, 0.25) is 0 Å². The summed E-state index contributed by atoms with van der Waals surface area (Å²) in [6.07, 6.45) is 2.45. The Morgan fingerprint density at radius 1 is 0.943 bits per heavy atom. The summed E-state index contributed by atoms with van der Waals surface area (Å²) in [5.41, 5.74) is 2.44. The first-order valence-electron chi connectivity index (χ1n) is 12.7. The SMILES string of the molecule is COC(=O)CC[C@H]1CN(Cc2cccc(OC)c2)CC[C@H]1N1CCN(c2ccccc2OC)CC1. The van der Waals surface area contributed by atoms with Crippen LogP contribution in [-0.2, 0) is 16.1 Å². The lowest BCUT2D eigenvalue weighted by Gasteiger charge is -2.47. The van der Waals surface area contributed by atoms with E-state index in [0.717, 1.165) is 70.2 Å². The molecule has 4 rings (SSSR count). The third-order valence-corrected chi connectivity index (χ3v) is 7.47. The van der Waals surface area contributed by atoms with Crippen LogP contribution in [0.15, 0.2) is 48.5 Å². The summed E-state index contributed by atoms with van der Waals surface area (Å²) < 4.78 is 15.9. The highest BCUT2D eigenvalue weighted by molar-refractivity contribution is 5.69. The van der Waals surface area contributed by atoms with Crippen molar-refractivity contribution in [1.29, 1.82) is 0 Å². The van der Waals surface area contributed by atoms with Crippen LogP contribution in [0.4, 0.5) is 5.69 Å². The monoisotopic (exact) mass is 481 g/mol. The second-order valence-corrected chi connectivity index (χ2v) is 9.51. The highest BCUT2D eigenvalue weighted by Gasteiger charge is 2.35. The normalized spacial score (nSPS) is 21.5. The third-order valence-electron chi connectivity index (χ3n) is 7.47. The molecule has 0 N–H and O–H groups in total. The molecule has 0 radical (unpaired) electrons. The Kier molecular flexibility index (Phi) is 8.88. The third kappa shape index (κ3) is 6.47. The minimum absolute atomic E-state index is 0.116. The minimum atomic E-state index is -0.116. The summed E-state index contributed by atoms with van der Waals surface area (Å²) in [6, 6.07) is 17.1. The molecule has 7 heteroatoms. The lowest BCUT2D eigenvalue weighted by Crippen LogP contribution is -2.56. The van der Waals surface area contributed by atoms with Crippen LogP contribution in [0, 0.1) is 5.92 Å². The maximum absolute atomic E-state index is 12.0. The average molecular weight is 482 g/mol. The lowest BCUT2D eigenvalue weighted by molar-refractivity contribution is -0.141. The number of hydrogen-bond donors (Lipinski definition) is 0. The molecular formula is C28H39N3O4. The van der Waals surface area contributed by atoms with E-state index < -0.39 is 0 Å². The average Bonchev–Trinajstić information content (AvgIpc) is 2.92. The topological polar surface area (TPSA) is 54.5 Å². The number of likely N-dealkylation sites (tertiary alicyclic amines) is 1. The van der Waals surface area contributed by atoms with Gasteiger partial charge in [0.05, 0.1) is 27.0 Å². The van der Waals surface area contributed by atoms with Crippen molar-refractivity contribution in [2.24, 2.45) is 5.92 Å². The van der Waals surface area contributed by atoms with E-state index in [0.29, 0.717) is 18.4 Å². The molecule has 0 aliphatic carbocycles. The van der Waals surface area contributed by atoms with Crippen molar-refractivity contribution in [3.05, 3.63) is 54.1 Å². The molecule has 0 spiro atoms. The highest BCUT2D eigenvalue weighted by atomic mass is 16.5. The van der Waals surface area contributed by atoms with Gasteiger partial charge < -0.3 is 19.1 Å². The summed E-state index contributed by atoms with van der Waals surface area (Å²) in [5.74, 6) is 2.15. The molecule has 0 unspecified atom stereocenters. The number of ether oxygens (including phenoxy) is 3. The van der Waals surface area contributed by atoms with Crippen LogP contribution in [0.5, 0.6) is 11.5 Å². The van der Waals surface area contributed by atoms with E-state index in [1.165, 1.54) is 18.4 Å². The first kappa shape index (κ1) is 25.3. The maximum atomic E-state index is 12.0. The Morgan fingerprint density at radius 2 is 1.74 bits per heavy atom. The Morgan fingerprint density at radius 3 is 2.49 bits per heavy atom. The van der Waals surface area contributed by atoms with Crippen LogP contribution >= 0.6 is 0 Å². The summed E-state index contributed by atoms with van der Waals surface area (Å²) in [6.45, 7) is 6.96. The molecule has 2 aromatic rings. The molecule has 0 amide bonds. The number of nitrogens with zero attached hydrogens (tertiary/aromatic N) is 3. The number of piperidine rings is 1. The Hall–Kier alpha value is -2.77. The number of methoxy groups -OCH3 is 3. The van der Waals surface area contributed by atoms with Crippen molar-refractivity contribution in [3.8, 4) is 11.5 Å². The summed E-state index contributed by atoms with van der Waals surface area (Å²) >= 11 is 0. The summed E-state index contributed by atoms with van der Waals surface area (Å²) in [4.78, 5) is 19.6. The van der Waals surface area contributed by atoms with Crippen LogP contribution in [-0.4, -0.2) is 82.4 Å². The van der Waals surface area contributed by atoms with Crippen LogP contribution in [0.3, 0.4) is 0 Å². The van der Waals surface area contributed by atoms with E-state index in [1.807, 2.05) is 18.2 Å². The van der Waals surface area contributed by atoms with E-state index in [1.54, 1.807) is 14.2 Å². The molecule has 2 aromatic carbocycles. The Bertz CT molecular complexity index is 961. The number of hydrogen-bond acceptors (Lipinski definition) is 7. The minimum Gasteiger partial charge on any atom is -0.497 e. The van der Waals surface area contributed by atoms with Gasteiger partial charge in [-0.25, -0.2) is 0 Å².